The fourth-order valence-electron chi connectivity index (χ4n) is 4.23. The number of halogens is 1. The predicted molar refractivity (Wildman–Crippen MR) is 147 cm³/mol. The number of carbonyl (C=O) groups excluding carboxylic acids is 2. The zero-order chi connectivity index (χ0) is 27.0. The first-order valence-electron chi connectivity index (χ1n) is 12.9. The first kappa shape index (κ1) is 27.5. The molecule has 1 atom stereocenters. The summed E-state index contributed by atoms with van der Waals surface area (Å²) in [6.07, 6.45) is 3.99. The molecule has 0 bridgehead atoms. The first-order chi connectivity index (χ1) is 18.4. The second-order valence-corrected chi connectivity index (χ2v) is 9.96. The summed E-state index contributed by atoms with van der Waals surface area (Å²) in [6, 6.07) is 20.3. The number of rotatable bonds is 13. The van der Waals surface area contributed by atoms with Crippen LogP contribution in [0.5, 0.6) is 23.0 Å². The Balaban J connectivity index is 1.33. The Hall–Kier alpha value is -3.52. The van der Waals surface area contributed by atoms with Gasteiger partial charge in [0.2, 0.25) is 0 Å². The van der Waals surface area contributed by atoms with Gasteiger partial charge in [0.15, 0.2) is 0 Å². The van der Waals surface area contributed by atoms with E-state index >= 15 is 4.39 Å². The number of hydrogen-bond donors (Lipinski definition) is 1. The van der Waals surface area contributed by atoms with Gasteiger partial charge in [-0.2, -0.15) is 0 Å². The van der Waals surface area contributed by atoms with Gasteiger partial charge < -0.3 is 19.5 Å². The van der Waals surface area contributed by atoms with E-state index in [4.69, 9.17) is 14.2 Å². The number of hydrogen-bond acceptors (Lipinski definition) is 6. The van der Waals surface area contributed by atoms with Gasteiger partial charge in [0.1, 0.15) is 23.0 Å². The Morgan fingerprint density at radius 1 is 0.816 bits per heavy atom. The van der Waals surface area contributed by atoms with E-state index in [-0.39, 0.29) is 5.56 Å². The molecule has 1 saturated heterocycles. The summed E-state index contributed by atoms with van der Waals surface area (Å²) < 4.78 is 33.2. The van der Waals surface area contributed by atoms with Gasteiger partial charge in [-0.3, -0.25) is 9.59 Å². The first-order valence-corrected chi connectivity index (χ1v) is 13.7. The second kappa shape index (κ2) is 12.8. The average Bonchev–Trinajstić information content (AvgIpc) is 3.18. The molecule has 8 heteroatoms. The van der Waals surface area contributed by atoms with Crippen LogP contribution in [-0.2, 0) is 23.4 Å². The lowest BCUT2D eigenvalue weighted by atomic mass is 9.99. The summed E-state index contributed by atoms with van der Waals surface area (Å²) in [4.78, 5) is 23.6. The summed E-state index contributed by atoms with van der Waals surface area (Å²) in [6.45, 7) is 5.03. The van der Waals surface area contributed by atoms with Crippen molar-refractivity contribution in [1.82, 2.24) is 5.32 Å². The van der Waals surface area contributed by atoms with Crippen molar-refractivity contribution >= 4 is 22.1 Å². The molecule has 1 aliphatic heterocycles. The van der Waals surface area contributed by atoms with Crippen molar-refractivity contribution in [2.75, 3.05) is 13.2 Å². The van der Waals surface area contributed by atoms with Gasteiger partial charge >= 0.3 is 0 Å². The third-order valence-electron chi connectivity index (χ3n) is 6.05. The SMILES string of the molecule is CCCc1cc(Oc2ccccc2)ccc1OCCCOc1ccc(C2(F)NC(=O)SC2=O)cc1CCC. The minimum Gasteiger partial charge on any atom is -0.493 e. The van der Waals surface area contributed by atoms with E-state index in [9.17, 15) is 9.59 Å². The van der Waals surface area contributed by atoms with Gasteiger partial charge in [-0.15, -0.1) is 0 Å². The molecule has 1 unspecified atom stereocenters. The van der Waals surface area contributed by atoms with E-state index in [0.29, 0.717) is 43.6 Å². The number of para-hydroxylation sites is 1. The molecule has 1 amide bonds. The summed E-state index contributed by atoms with van der Waals surface area (Å²) >= 11 is 0.352. The monoisotopic (exact) mass is 537 g/mol. The Morgan fingerprint density at radius 3 is 2.05 bits per heavy atom. The van der Waals surface area contributed by atoms with Gasteiger partial charge in [0.25, 0.3) is 16.1 Å². The van der Waals surface area contributed by atoms with Crippen LogP contribution in [0.25, 0.3) is 0 Å². The van der Waals surface area contributed by atoms with Crippen molar-refractivity contribution in [3.63, 3.8) is 0 Å². The molecule has 0 saturated carbocycles. The maximum absolute atomic E-state index is 15.2. The van der Waals surface area contributed by atoms with E-state index in [1.165, 1.54) is 6.07 Å². The van der Waals surface area contributed by atoms with Crippen molar-refractivity contribution in [1.29, 1.82) is 0 Å². The van der Waals surface area contributed by atoms with Crippen molar-refractivity contribution in [2.24, 2.45) is 0 Å². The molecule has 200 valence electrons. The second-order valence-electron chi connectivity index (χ2n) is 9.02. The molecule has 0 aromatic heterocycles. The Labute approximate surface area is 226 Å². The molecule has 3 aromatic rings. The Bertz CT molecular complexity index is 1270. The van der Waals surface area contributed by atoms with Crippen LogP contribution in [0.1, 0.15) is 49.8 Å². The molecule has 6 nitrogen and oxygen atoms in total. The fraction of sp³-hybridized carbons (Fsp3) is 0.333. The number of thioether (sulfide) groups is 1. The molecule has 3 aromatic carbocycles. The maximum atomic E-state index is 15.2. The van der Waals surface area contributed by atoms with Crippen LogP contribution < -0.4 is 19.5 Å². The minimum atomic E-state index is -2.51. The van der Waals surface area contributed by atoms with Crippen LogP contribution in [-0.4, -0.2) is 23.6 Å². The fourth-order valence-corrected chi connectivity index (χ4v) is 4.90. The van der Waals surface area contributed by atoms with E-state index in [2.05, 4.69) is 12.2 Å². The smallest absolute Gasteiger partial charge is 0.289 e. The largest absolute Gasteiger partial charge is 0.493 e. The highest BCUT2D eigenvalue weighted by atomic mass is 32.2. The molecule has 1 fully saturated rings. The topological polar surface area (TPSA) is 73.9 Å². The van der Waals surface area contributed by atoms with Crippen molar-refractivity contribution in [3.8, 4) is 23.0 Å². The number of aryl methyl sites for hydroxylation is 2. The summed E-state index contributed by atoms with van der Waals surface area (Å²) in [5, 5.41) is 0.598. The molecule has 0 radical (unpaired) electrons. The molecule has 1 heterocycles. The van der Waals surface area contributed by atoms with Gasteiger partial charge in [-0.25, -0.2) is 4.39 Å². The predicted octanol–water partition coefficient (Wildman–Crippen LogP) is 7.34. The maximum Gasteiger partial charge on any atom is 0.289 e. The third-order valence-corrected chi connectivity index (χ3v) is 6.81. The zero-order valence-electron chi connectivity index (χ0n) is 21.6. The highest BCUT2D eigenvalue weighted by molar-refractivity contribution is 8.26. The van der Waals surface area contributed by atoms with E-state index in [0.717, 1.165) is 47.6 Å². The van der Waals surface area contributed by atoms with Crippen LogP contribution in [0, 0.1) is 0 Å². The number of nitrogens with one attached hydrogen (secondary N) is 1. The molecule has 1 N–H and O–H groups in total. The summed E-state index contributed by atoms with van der Waals surface area (Å²) in [7, 11) is 0. The average molecular weight is 538 g/mol. The quantitative estimate of drug-likeness (QED) is 0.182. The highest BCUT2D eigenvalue weighted by Crippen LogP contribution is 2.37. The van der Waals surface area contributed by atoms with Gasteiger partial charge in [-0.1, -0.05) is 44.9 Å². The molecule has 38 heavy (non-hydrogen) atoms. The molecular formula is C30H32FNO5S. The summed E-state index contributed by atoms with van der Waals surface area (Å²) in [5.74, 6) is 0.524. The molecule has 0 aliphatic carbocycles. The number of amides is 1. The van der Waals surface area contributed by atoms with Crippen LogP contribution in [0.15, 0.2) is 66.7 Å². The van der Waals surface area contributed by atoms with Gasteiger partial charge in [0.05, 0.1) is 13.2 Å². The van der Waals surface area contributed by atoms with Gasteiger partial charge in [0, 0.05) is 23.7 Å². The van der Waals surface area contributed by atoms with E-state index < -0.39 is 16.1 Å². The Morgan fingerprint density at radius 2 is 1.45 bits per heavy atom. The Kier molecular flexibility index (Phi) is 9.29. The van der Waals surface area contributed by atoms with E-state index in [1.54, 1.807) is 12.1 Å². The van der Waals surface area contributed by atoms with Crippen molar-refractivity contribution < 1.29 is 28.2 Å². The number of benzene rings is 3. The van der Waals surface area contributed by atoms with Crippen LogP contribution in [0.2, 0.25) is 0 Å². The molecule has 4 rings (SSSR count). The van der Waals surface area contributed by atoms with Crippen molar-refractivity contribution in [3.05, 3.63) is 83.4 Å². The number of ether oxygens (including phenoxy) is 3. The van der Waals surface area contributed by atoms with Crippen LogP contribution in [0.3, 0.4) is 0 Å². The van der Waals surface area contributed by atoms with Crippen molar-refractivity contribution in [2.45, 2.75) is 51.7 Å². The third kappa shape index (κ3) is 6.67. The lowest BCUT2D eigenvalue weighted by Crippen LogP contribution is -2.38. The zero-order valence-corrected chi connectivity index (χ0v) is 22.4. The van der Waals surface area contributed by atoms with Crippen LogP contribution in [0.4, 0.5) is 9.18 Å². The van der Waals surface area contributed by atoms with Crippen LogP contribution >= 0.6 is 11.8 Å². The normalized spacial score (nSPS) is 16.8. The molecule has 1 aliphatic rings. The summed E-state index contributed by atoms with van der Waals surface area (Å²) in [5.41, 5.74) is 2.00. The standard InChI is InChI=1S/C30H32FNO5S/c1-3-9-21-19-23(30(31)28(33)38-29(34)32-30)13-15-26(21)35-17-8-18-36-27-16-14-25(20-22(27)10-4-2)37-24-11-6-5-7-12-24/h5-7,11-16,19-20H,3-4,8-10,17-18H2,1-2H3,(H,32,34). The van der Waals surface area contributed by atoms with E-state index in [1.807, 2.05) is 55.5 Å². The lowest BCUT2D eigenvalue weighted by Gasteiger charge is -2.20. The number of carbonyl (C=O) groups is 2. The minimum absolute atomic E-state index is 0.114. The lowest BCUT2D eigenvalue weighted by molar-refractivity contribution is -0.122. The molecule has 0 spiro atoms. The highest BCUT2D eigenvalue weighted by Gasteiger charge is 2.49. The molecular weight excluding hydrogens is 505 g/mol. The van der Waals surface area contributed by atoms with Gasteiger partial charge in [-0.05, 0) is 72.5 Å². The number of alkyl halides is 1.